The fourth-order valence-corrected chi connectivity index (χ4v) is 4.12. The summed E-state index contributed by atoms with van der Waals surface area (Å²) in [5, 5.41) is 0. The van der Waals surface area contributed by atoms with Crippen LogP contribution in [0.3, 0.4) is 0 Å². The number of hydrogen-bond acceptors (Lipinski definition) is 6. The molecule has 2 fully saturated rings. The fraction of sp³-hybridized carbons (Fsp3) is 0.538. The van der Waals surface area contributed by atoms with Gasteiger partial charge in [0.05, 0.1) is 13.2 Å². The Labute approximate surface area is 192 Å². The van der Waals surface area contributed by atoms with Gasteiger partial charge in [0.25, 0.3) is 0 Å². The van der Waals surface area contributed by atoms with Crippen LogP contribution in [0.4, 0.5) is 0 Å². The lowest BCUT2D eigenvalue weighted by Gasteiger charge is -2.20. The van der Waals surface area contributed by atoms with Crippen molar-refractivity contribution in [3.05, 3.63) is 70.8 Å². The Balaban J connectivity index is 0.000000181. The van der Waals surface area contributed by atoms with Crippen LogP contribution in [0.25, 0.3) is 0 Å². The van der Waals surface area contributed by atoms with Crippen LogP contribution >= 0.6 is 0 Å². The molecule has 4 rings (SSSR count). The minimum atomic E-state index is -0.490. The molecule has 176 valence electrons. The van der Waals surface area contributed by atoms with Crippen LogP contribution < -0.4 is 11.5 Å². The largest absolute Gasteiger partial charge is 0.347 e. The molecule has 0 amide bonds. The van der Waals surface area contributed by atoms with Gasteiger partial charge in [-0.15, -0.1) is 0 Å². The normalized spacial score (nSPS) is 25.6. The lowest BCUT2D eigenvalue weighted by atomic mass is 9.98. The third-order valence-electron chi connectivity index (χ3n) is 5.68. The van der Waals surface area contributed by atoms with Crippen molar-refractivity contribution in [2.24, 2.45) is 11.5 Å². The van der Waals surface area contributed by atoms with Gasteiger partial charge in [-0.2, -0.15) is 0 Å². The van der Waals surface area contributed by atoms with E-state index in [0.717, 1.165) is 22.3 Å². The molecular formula is C26H38N2O4. The summed E-state index contributed by atoms with van der Waals surface area (Å²) >= 11 is 0. The van der Waals surface area contributed by atoms with Crippen LogP contribution in [-0.4, -0.2) is 24.8 Å². The SMILES string of the molecule is C[C@H](N)c1ccccc1C1COC(C)(C)O1.C[C@H](N)c1ccccc1[C@@H]1COC(C)(C)O1. The zero-order valence-corrected chi connectivity index (χ0v) is 20.1. The van der Waals surface area contributed by atoms with Gasteiger partial charge in [0, 0.05) is 12.1 Å². The zero-order chi connectivity index (χ0) is 23.5. The van der Waals surface area contributed by atoms with Crippen LogP contribution in [0, 0.1) is 0 Å². The summed E-state index contributed by atoms with van der Waals surface area (Å²) in [4.78, 5) is 0. The van der Waals surface area contributed by atoms with E-state index in [-0.39, 0.29) is 24.3 Å². The Bertz CT molecular complexity index is 821. The smallest absolute Gasteiger partial charge is 0.163 e. The van der Waals surface area contributed by atoms with Crippen molar-refractivity contribution in [2.75, 3.05) is 13.2 Å². The summed E-state index contributed by atoms with van der Waals surface area (Å²) in [6.45, 7) is 12.9. The first-order valence-corrected chi connectivity index (χ1v) is 11.3. The number of hydrogen-bond donors (Lipinski definition) is 2. The Morgan fingerprint density at radius 3 is 1.31 bits per heavy atom. The second kappa shape index (κ2) is 10.00. The quantitative estimate of drug-likeness (QED) is 0.688. The number of nitrogens with two attached hydrogens (primary N) is 2. The molecule has 0 saturated carbocycles. The van der Waals surface area contributed by atoms with E-state index in [4.69, 9.17) is 30.4 Å². The highest BCUT2D eigenvalue weighted by molar-refractivity contribution is 5.33. The summed E-state index contributed by atoms with van der Waals surface area (Å²) in [6.07, 6.45) is -0.00519. The topological polar surface area (TPSA) is 89.0 Å². The summed E-state index contributed by atoms with van der Waals surface area (Å²) in [5.41, 5.74) is 16.5. The highest BCUT2D eigenvalue weighted by atomic mass is 16.7. The highest BCUT2D eigenvalue weighted by Crippen LogP contribution is 2.36. The van der Waals surface area contributed by atoms with Crippen LogP contribution in [0.2, 0.25) is 0 Å². The molecule has 0 aliphatic carbocycles. The van der Waals surface area contributed by atoms with E-state index in [1.165, 1.54) is 0 Å². The monoisotopic (exact) mass is 442 g/mol. The molecule has 2 aliphatic rings. The maximum absolute atomic E-state index is 5.95. The Kier molecular flexibility index (Phi) is 7.76. The Morgan fingerprint density at radius 1 is 0.688 bits per heavy atom. The standard InChI is InChI=1S/2C13H19NO2/c2*1-9(14)10-6-4-5-7-11(10)12-8-15-13(2,3)16-12/h2*4-7,9,12H,8,14H2,1-3H3/t9-,12?;9-,12-/m00/s1. The molecule has 4 N–H and O–H groups in total. The van der Waals surface area contributed by atoms with Gasteiger partial charge in [-0.05, 0) is 63.8 Å². The van der Waals surface area contributed by atoms with Gasteiger partial charge in [0.15, 0.2) is 11.6 Å². The Morgan fingerprint density at radius 2 is 1.03 bits per heavy atom. The summed E-state index contributed by atoms with van der Waals surface area (Å²) in [7, 11) is 0. The molecule has 0 radical (unpaired) electrons. The summed E-state index contributed by atoms with van der Waals surface area (Å²) in [6, 6.07) is 16.3. The van der Waals surface area contributed by atoms with E-state index in [9.17, 15) is 0 Å². The molecule has 0 aromatic heterocycles. The molecular weight excluding hydrogens is 404 g/mol. The third kappa shape index (κ3) is 6.16. The average molecular weight is 443 g/mol. The van der Waals surface area contributed by atoms with E-state index in [1.54, 1.807) is 0 Å². The van der Waals surface area contributed by atoms with Crippen molar-refractivity contribution in [1.82, 2.24) is 0 Å². The minimum Gasteiger partial charge on any atom is -0.347 e. The van der Waals surface area contributed by atoms with Crippen LogP contribution in [0.5, 0.6) is 0 Å². The second-order valence-electron chi connectivity index (χ2n) is 9.47. The Hall–Kier alpha value is -1.80. The lowest BCUT2D eigenvalue weighted by Crippen LogP contribution is -2.20. The van der Waals surface area contributed by atoms with E-state index in [1.807, 2.05) is 65.8 Å². The first kappa shape index (κ1) is 24.8. The average Bonchev–Trinajstić information content (AvgIpc) is 3.29. The van der Waals surface area contributed by atoms with Crippen LogP contribution in [0.1, 0.15) is 88.1 Å². The second-order valence-corrected chi connectivity index (χ2v) is 9.47. The lowest BCUT2D eigenvalue weighted by molar-refractivity contribution is -0.139. The van der Waals surface area contributed by atoms with E-state index in [2.05, 4.69) is 24.3 Å². The van der Waals surface area contributed by atoms with Crippen LogP contribution in [0.15, 0.2) is 48.5 Å². The molecule has 6 nitrogen and oxygen atoms in total. The number of rotatable bonds is 4. The molecule has 2 aromatic carbocycles. The van der Waals surface area contributed by atoms with Crippen molar-refractivity contribution in [2.45, 2.75) is 77.4 Å². The molecule has 32 heavy (non-hydrogen) atoms. The predicted molar refractivity (Wildman–Crippen MR) is 126 cm³/mol. The molecule has 2 aliphatic heterocycles. The molecule has 0 spiro atoms. The van der Waals surface area contributed by atoms with Crippen molar-refractivity contribution >= 4 is 0 Å². The molecule has 6 heteroatoms. The molecule has 2 aromatic rings. The molecule has 0 bridgehead atoms. The number of ether oxygens (including phenoxy) is 4. The van der Waals surface area contributed by atoms with Gasteiger partial charge >= 0.3 is 0 Å². The zero-order valence-electron chi connectivity index (χ0n) is 20.1. The predicted octanol–water partition coefficient (Wildman–Crippen LogP) is 5.06. The van der Waals surface area contributed by atoms with Gasteiger partial charge in [-0.25, -0.2) is 0 Å². The first-order valence-electron chi connectivity index (χ1n) is 11.3. The van der Waals surface area contributed by atoms with Gasteiger partial charge in [-0.1, -0.05) is 48.5 Å². The maximum atomic E-state index is 5.95. The van der Waals surface area contributed by atoms with Gasteiger partial charge < -0.3 is 30.4 Å². The van der Waals surface area contributed by atoms with Gasteiger partial charge in [-0.3, -0.25) is 0 Å². The maximum Gasteiger partial charge on any atom is 0.163 e. The molecule has 2 saturated heterocycles. The van der Waals surface area contributed by atoms with Crippen molar-refractivity contribution in [3.63, 3.8) is 0 Å². The first-order chi connectivity index (χ1) is 15.0. The number of benzene rings is 2. The van der Waals surface area contributed by atoms with Crippen molar-refractivity contribution < 1.29 is 18.9 Å². The van der Waals surface area contributed by atoms with Gasteiger partial charge in [0.1, 0.15) is 12.2 Å². The molecule has 1 unspecified atom stereocenters. The summed E-state index contributed by atoms with van der Waals surface area (Å²) < 4.78 is 22.9. The molecule has 4 atom stereocenters. The van der Waals surface area contributed by atoms with E-state index < -0.39 is 11.6 Å². The minimum absolute atomic E-state index is 0.00259. The van der Waals surface area contributed by atoms with Gasteiger partial charge in [0.2, 0.25) is 0 Å². The van der Waals surface area contributed by atoms with Crippen molar-refractivity contribution in [3.8, 4) is 0 Å². The summed E-state index contributed by atoms with van der Waals surface area (Å²) in [5.74, 6) is -0.981. The molecule has 2 heterocycles. The van der Waals surface area contributed by atoms with E-state index in [0.29, 0.717) is 13.2 Å². The van der Waals surface area contributed by atoms with E-state index >= 15 is 0 Å². The third-order valence-corrected chi connectivity index (χ3v) is 5.68. The van der Waals surface area contributed by atoms with Crippen molar-refractivity contribution in [1.29, 1.82) is 0 Å². The fourth-order valence-electron chi connectivity index (χ4n) is 4.12. The highest BCUT2D eigenvalue weighted by Gasteiger charge is 2.35. The van der Waals surface area contributed by atoms with Crippen LogP contribution in [-0.2, 0) is 18.9 Å².